The van der Waals surface area contributed by atoms with Gasteiger partial charge in [0, 0.05) is 25.2 Å². The molecule has 1 aromatic carbocycles. The van der Waals surface area contributed by atoms with Gasteiger partial charge in [-0.2, -0.15) is 0 Å². The van der Waals surface area contributed by atoms with Gasteiger partial charge in [-0.05, 0) is 30.5 Å². The Morgan fingerprint density at radius 3 is 2.18 bits per heavy atom. The molecule has 3 heteroatoms. The Balaban J connectivity index is 2.76. The zero-order chi connectivity index (χ0) is 13.0. The molecule has 0 saturated heterocycles. The van der Waals surface area contributed by atoms with E-state index in [1.165, 1.54) is 5.56 Å². The van der Waals surface area contributed by atoms with Crippen LogP contribution in [0.5, 0.6) is 0 Å². The van der Waals surface area contributed by atoms with E-state index in [1.54, 1.807) is 11.9 Å². The summed E-state index contributed by atoms with van der Waals surface area (Å²) < 4.78 is 0. The fraction of sp³-hybridized carbons (Fsp3) is 0.500. The van der Waals surface area contributed by atoms with E-state index in [9.17, 15) is 4.79 Å². The number of likely N-dealkylation sites (N-methyl/N-ethyl adjacent to an activating group) is 1. The molecule has 1 aromatic rings. The molecule has 94 valence electrons. The Labute approximate surface area is 104 Å². The third-order valence-corrected chi connectivity index (χ3v) is 2.73. The van der Waals surface area contributed by atoms with Crippen LogP contribution in [0.3, 0.4) is 0 Å². The molecule has 0 radical (unpaired) electrons. The van der Waals surface area contributed by atoms with Gasteiger partial charge in [0.1, 0.15) is 0 Å². The van der Waals surface area contributed by atoms with Gasteiger partial charge in [-0.1, -0.05) is 26.0 Å². The first-order valence-corrected chi connectivity index (χ1v) is 6.02. The van der Waals surface area contributed by atoms with Crippen LogP contribution in [0.4, 0.5) is 0 Å². The minimum absolute atomic E-state index is 0.00103. The summed E-state index contributed by atoms with van der Waals surface area (Å²) >= 11 is 0. The average molecular weight is 234 g/mol. The van der Waals surface area contributed by atoms with Crippen molar-refractivity contribution in [2.75, 3.05) is 13.6 Å². The fourth-order valence-corrected chi connectivity index (χ4v) is 1.75. The molecule has 1 unspecified atom stereocenters. The second-order valence-electron chi connectivity index (χ2n) is 4.94. The highest BCUT2D eigenvalue weighted by molar-refractivity contribution is 5.94. The summed E-state index contributed by atoms with van der Waals surface area (Å²) in [6.07, 6.45) is 0. The van der Waals surface area contributed by atoms with Crippen LogP contribution in [0, 0.1) is 0 Å². The maximum absolute atomic E-state index is 12.0. The van der Waals surface area contributed by atoms with E-state index in [2.05, 4.69) is 13.8 Å². The smallest absolute Gasteiger partial charge is 0.253 e. The van der Waals surface area contributed by atoms with E-state index >= 15 is 0 Å². The zero-order valence-corrected chi connectivity index (χ0v) is 11.1. The lowest BCUT2D eigenvalue weighted by atomic mass is 10.0. The lowest BCUT2D eigenvalue weighted by molar-refractivity contribution is 0.0789. The minimum atomic E-state index is -0.00103. The first-order chi connectivity index (χ1) is 7.91. The van der Waals surface area contributed by atoms with Crippen LogP contribution < -0.4 is 5.73 Å². The molecule has 1 amide bonds. The number of hydrogen-bond acceptors (Lipinski definition) is 2. The van der Waals surface area contributed by atoms with E-state index < -0.39 is 0 Å². The molecular weight excluding hydrogens is 212 g/mol. The zero-order valence-electron chi connectivity index (χ0n) is 11.1. The Bertz CT molecular complexity index is 368. The van der Waals surface area contributed by atoms with Crippen LogP contribution in [0.1, 0.15) is 42.6 Å². The molecule has 0 fully saturated rings. The normalized spacial score (nSPS) is 12.6. The first-order valence-electron chi connectivity index (χ1n) is 6.02. The average Bonchev–Trinajstić information content (AvgIpc) is 2.27. The number of carbonyl (C=O) groups excluding carboxylic acids is 1. The van der Waals surface area contributed by atoms with Crippen LogP contribution >= 0.6 is 0 Å². The van der Waals surface area contributed by atoms with E-state index in [-0.39, 0.29) is 11.9 Å². The second kappa shape index (κ2) is 5.82. The van der Waals surface area contributed by atoms with Crippen molar-refractivity contribution < 1.29 is 4.79 Å². The molecule has 17 heavy (non-hydrogen) atoms. The number of carbonyl (C=O) groups is 1. The molecule has 0 aliphatic heterocycles. The Morgan fingerprint density at radius 1 is 1.24 bits per heavy atom. The number of hydrogen-bond donors (Lipinski definition) is 1. The third-order valence-electron chi connectivity index (χ3n) is 2.73. The van der Waals surface area contributed by atoms with Crippen molar-refractivity contribution in [1.29, 1.82) is 0 Å². The van der Waals surface area contributed by atoms with Crippen LogP contribution in [-0.4, -0.2) is 30.4 Å². The van der Waals surface area contributed by atoms with Crippen molar-refractivity contribution in [3.05, 3.63) is 35.4 Å². The van der Waals surface area contributed by atoms with Crippen molar-refractivity contribution in [1.82, 2.24) is 4.90 Å². The van der Waals surface area contributed by atoms with Gasteiger partial charge in [-0.25, -0.2) is 0 Å². The standard InChI is InChI=1S/C14H22N2O/c1-10(2)12-5-7-13(8-6-12)14(17)16(4)9-11(3)15/h5-8,10-11H,9,15H2,1-4H3. The predicted octanol–water partition coefficient (Wildman–Crippen LogP) is 2.23. The lowest BCUT2D eigenvalue weighted by Gasteiger charge is -2.19. The van der Waals surface area contributed by atoms with Gasteiger partial charge >= 0.3 is 0 Å². The molecule has 2 N–H and O–H groups in total. The molecule has 3 nitrogen and oxygen atoms in total. The van der Waals surface area contributed by atoms with E-state index in [4.69, 9.17) is 5.73 Å². The van der Waals surface area contributed by atoms with Gasteiger partial charge in [0.25, 0.3) is 5.91 Å². The Kier molecular flexibility index (Phi) is 4.70. The van der Waals surface area contributed by atoms with E-state index in [0.717, 1.165) is 5.56 Å². The van der Waals surface area contributed by atoms with Gasteiger partial charge < -0.3 is 10.6 Å². The molecule has 1 rings (SSSR count). The van der Waals surface area contributed by atoms with Crippen molar-refractivity contribution in [3.8, 4) is 0 Å². The maximum atomic E-state index is 12.0. The summed E-state index contributed by atoms with van der Waals surface area (Å²) in [5, 5.41) is 0. The number of nitrogens with zero attached hydrogens (tertiary/aromatic N) is 1. The van der Waals surface area contributed by atoms with Crippen molar-refractivity contribution in [2.24, 2.45) is 5.73 Å². The molecule has 0 aromatic heterocycles. The number of amides is 1. The van der Waals surface area contributed by atoms with Crippen molar-refractivity contribution in [3.63, 3.8) is 0 Å². The van der Waals surface area contributed by atoms with Gasteiger partial charge in [0.15, 0.2) is 0 Å². The Hall–Kier alpha value is -1.35. The maximum Gasteiger partial charge on any atom is 0.253 e. The number of rotatable bonds is 4. The van der Waals surface area contributed by atoms with Crippen LogP contribution in [0.2, 0.25) is 0 Å². The van der Waals surface area contributed by atoms with Crippen LogP contribution in [0.15, 0.2) is 24.3 Å². The highest BCUT2D eigenvalue weighted by atomic mass is 16.2. The lowest BCUT2D eigenvalue weighted by Crippen LogP contribution is -2.36. The predicted molar refractivity (Wildman–Crippen MR) is 71.1 cm³/mol. The summed E-state index contributed by atoms with van der Waals surface area (Å²) in [6, 6.07) is 7.79. The minimum Gasteiger partial charge on any atom is -0.340 e. The monoisotopic (exact) mass is 234 g/mol. The number of nitrogens with two attached hydrogens (primary N) is 1. The topological polar surface area (TPSA) is 46.3 Å². The van der Waals surface area contributed by atoms with Gasteiger partial charge in [-0.3, -0.25) is 4.79 Å². The van der Waals surface area contributed by atoms with Gasteiger partial charge in [-0.15, -0.1) is 0 Å². The van der Waals surface area contributed by atoms with Crippen molar-refractivity contribution >= 4 is 5.91 Å². The molecule has 0 aliphatic rings. The van der Waals surface area contributed by atoms with Crippen LogP contribution in [0.25, 0.3) is 0 Å². The third kappa shape index (κ3) is 3.86. The highest BCUT2D eigenvalue weighted by Gasteiger charge is 2.12. The molecule has 0 spiro atoms. The first kappa shape index (κ1) is 13.7. The summed E-state index contributed by atoms with van der Waals surface area (Å²) in [5.74, 6) is 0.513. The molecule has 1 atom stereocenters. The van der Waals surface area contributed by atoms with Gasteiger partial charge in [0.2, 0.25) is 0 Å². The fourth-order valence-electron chi connectivity index (χ4n) is 1.75. The summed E-state index contributed by atoms with van der Waals surface area (Å²) in [5.41, 5.74) is 7.65. The molecule has 0 aliphatic carbocycles. The second-order valence-corrected chi connectivity index (χ2v) is 4.94. The molecule has 0 heterocycles. The molecular formula is C14H22N2O. The van der Waals surface area contributed by atoms with Gasteiger partial charge in [0.05, 0.1) is 0 Å². The largest absolute Gasteiger partial charge is 0.340 e. The van der Waals surface area contributed by atoms with E-state index in [1.807, 2.05) is 31.2 Å². The molecule has 0 saturated carbocycles. The highest BCUT2D eigenvalue weighted by Crippen LogP contribution is 2.15. The SMILES string of the molecule is CC(N)CN(C)C(=O)c1ccc(C(C)C)cc1. The summed E-state index contributed by atoms with van der Waals surface area (Å²) in [6.45, 7) is 6.74. The summed E-state index contributed by atoms with van der Waals surface area (Å²) in [7, 11) is 1.78. The van der Waals surface area contributed by atoms with Crippen molar-refractivity contribution in [2.45, 2.75) is 32.7 Å². The number of benzene rings is 1. The molecule has 0 bridgehead atoms. The van der Waals surface area contributed by atoms with E-state index in [0.29, 0.717) is 12.5 Å². The quantitative estimate of drug-likeness (QED) is 0.868. The van der Waals surface area contributed by atoms with Crippen LogP contribution in [-0.2, 0) is 0 Å². The summed E-state index contributed by atoms with van der Waals surface area (Å²) in [4.78, 5) is 13.7. The Morgan fingerprint density at radius 2 is 1.76 bits per heavy atom.